The number of likely N-dealkylation sites (tertiary alicyclic amines) is 1. The van der Waals surface area contributed by atoms with E-state index in [1.54, 1.807) is 24.5 Å². The van der Waals surface area contributed by atoms with E-state index in [1.807, 2.05) is 58.3 Å². The number of alkyl halides is 3. The van der Waals surface area contributed by atoms with E-state index in [2.05, 4.69) is 22.4 Å². The van der Waals surface area contributed by atoms with Crippen LogP contribution in [-0.4, -0.2) is 76.6 Å². The fourth-order valence-electron chi connectivity index (χ4n) is 7.41. The predicted molar refractivity (Wildman–Crippen MR) is 207 cm³/mol. The summed E-state index contributed by atoms with van der Waals surface area (Å²) < 4.78 is 45.6. The molecule has 2 amide bonds. The summed E-state index contributed by atoms with van der Waals surface area (Å²) in [4.78, 5) is 44.0. The number of carboxylic acids is 1. The van der Waals surface area contributed by atoms with E-state index in [0.717, 1.165) is 65.6 Å². The Morgan fingerprint density at radius 1 is 0.786 bits per heavy atom. The lowest BCUT2D eigenvalue weighted by Crippen LogP contribution is -2.38. The van der Waals surface area contributed by atoms with Gasteiger partial charge in [0, 0.05) is 44.1 Å². The van der Waals surface area contributed by atoms with E-state index < -0.39 is 12.1 Å². The molecule has 8 nitrogen and oxygen atoms in total. The Bertz CT molecular complexity index is 1880. The third-order valence-electron chi connectivity index (χ3n) is 10.6. The molecule has 12 heteroatoms. The third-order valence-corrected chi connectivity index (χ3v) is 10.6. The van der Waals surface area contributed by atoms with Gasteiger partial charge in [-0.25, -0.2) is 9.18 Å². The van der Waals surface area contributed by atoms with Crippen molar-refractivity contribution in [3.05, 3.63) is 125 Å². The number of carbonyl (C=O) groups excluding carboxylic acids is 2. The first-order valence-corrected chi connectivity index (χ1v) is 19.3. The Morgan fingerprint density at radius 3 is 2.05 bits per heavy atom. The molecule has 298 valence electrons. The quantitative estimate of drug-likeness (QED) is 0.133. The Labute approximate surface area is 325 Å². The lowest BCUT2D eigenvalue weighted by Gasteiger charge is -2.32. The van der Waals surface area contributed by atoms with Gasteiger partial charge in [0.05, 0.1) is 6.42 Å². The summed E-state index contributed by atoms with van der Waals surface area (Å²) in [6, 6.07) is 26.3. The Balaban J connectivity index is 0.000000784. The number of aromatic nitrogens is 1. The number of rotatable bonds is 13. The lowest BCUT2D eigenvalue weighted by molar-refractivity contribution is -0.192. The highest BCUT2D eigenvalue weighted by Gasteiger charge is 2.38. The molecule has 2 aliphatic rings. The summed E-state index contributed by atoms with van der Waals surface area (Å²) >= 11 is 0. The topological polar surface area (TPSA) is 103 Å². The zero-order valence-corrected chi connectivity index (χ0v) is 31.5. The minimum atomic E-state index is -5.08. The predicted octanol–water partition coefficient (Wildman–Crippen LogP) is 8.36. The van der Waals surface area contributed by atoms with Gasteiger partial charge in [0.2, 0.25) is 5.91 Å². The molecule has 0 bridgehead atoms. The number of hydrogen-bond donors (Lipinski definition) is 2. The normalized spacial score (nSPS) is 15.1. The number of carboxylic acid groups (broad SMARTS) is 1. The van der Waals surface area contributed by atoms with Gasteiger partial charge in [0.1, 0.15) is 5.82 Å². The third kappa shape index (κ3) is 13.3. The SMILES string of the molecule is O=C(Cc1cccc(F)c1)N(CCc1ccncc1)Cc1cccc(-c2cccc(C(=O)N3CCC(CCCC4CCNCC4)CC3)c2)c1.O=C(O)C(F)(F)F. The maximum absolute atomic E-state index is 13.9. The van der Waals surface area contributed by atoms with Crippen LogP contribution < -0.4 is 5.32 Å². The van der Waals surface area contributed by atoms with E-state index in [0.29, 0.717) is 25.1 Å². The number of nitrogens with zero attached hydrogens (tertiary/aromatic N) is 3. The van der Waals surface area contributed by atoms with Crippen LogP contribution in [0.25, 0.3) is 11.1 Å². The fraction of sp³-hybridized carbons (Fsp3) is 0.409. The molecule has 0 spiro atoms. The van der Waals surface area contributed by atoms with Crippen molar-refractivity contribution in [3.8, 4) is 11.1 Å². The van der Waals surface area contributed by atoms with Crippen LogP contribution in [0.2, 0.25) is 0 Å². The van der Waals surface area contributed by atoms with Gasteiger partial charge in [-0.2, -0.15) is 13.2 Å². The van der Waals surface area contributed by atoms with Crippen LogP contribution in [0.15, 0.2) is 97.3 Å². The van der Waals surface area contributed by atoms with Gasteiger partial charge in [-0.3, -0.25) is 14.6 Å². The number of pyridine rings is 1. The van der Waals surface area contributed by atoms with Crippen LogP contribution in [0.3, 0.4) is 0 Å². The van der Waals surface area contributed by atoms with E-state index >= 15 is 0 Å². The maximum Gasteiger partial charge on any atom is 0.490 e. The average molecular weight is 775 g/mol. The van der Waals surface area contributed by atoms with Gasteiger partial charge in [0.25, 0.3) is 5.91 Å². The van der Waals surface area contributed by atoms with E-state index in [9.17, 15) is 27.2 Å². The monoisotopic (exact) mass is 774 g/mol. The number of piperidine rings is 2. The number of aliphatic carboxylic acids is 1. The molecule has 1 aromatic heterocycles. The van der Waals surface area contributed by atoms with Crippen molar-refractivity contribution >= 4 is 17.8 Å². The highest BCUT2D eigenvalue weighted by atomic mass is 19.4. The molecule has 2 aliphatic heterocycles. The van der Waals surface area contributed by atoms with Gasteiger partial charge in [-0.05, 0) is 127 Å². The molecular formula is C44H50F4N4O4. The number of amides is 2. The van der Waals surface area contributed by atoms with Crippen LogP contribution in [0.1, 0.15) is 72.0 Å². The second-order valence-corrected chi connectivity index (χ2v) is 14.7. The Hall–Kier alpha value is -5.10. The number of halogens is 4. The van der Waals surface area contributed by atoms with Crippen molar-refractivity contribution in [2.75, 3.05) is 32.7 Å². The highest BCUT2D eigenvalue weighted by Crippen LogP contribution is 2.28. The Morgan fingerprint density at radius 2 is 1.39 bits per heavy atom. The first-order chi connectivity index (χ1) is 26.9. The van der Waals surface area contributed by atoms with Gasteiger partial charge in [-0.1, -0.05) is 61.7 Å². The van der Waals surface area contributed by atoms with Crippen LogP contribution in [0.4, 0.5) is 17.6 Å². The number of carbonyl (C=O) groups is 3. The minimum Gasteiger partial charge on any atom is -0.475 e. The summed E-state index contributed by atoms with van der Waals surface area (Å²) in [6.45, 7) is 4.96. The van der Waals surface area contributed by atoms with Crippen molar-refractivity contribution in [1.82, 2.24) is 20.1 Å². The molecule has 3 heterocycles. The first-order valence-electron chi connectivity index (χ1n) is 19.3. The molecule has 2 fully saturated rings. The molecule has 2 saturated heterocycles. The largest absolute Gasteiger partial charge is 0.490 e. The van der Waals surface area contributed by atoms with Gasteiger partial charge in [0.15, 0.2) is 0 Å². The molecular weight excluding hydrogens is 725 g/mol. The second-order valence-electron chi connectivity index (χ2n) is 14.7. The summed E-state index contributed by atoms with van der Waals surface area (Å²) in [6.07, 6.45) is 8.04. The number of nitrogens with one attached hydrogen (secondary N) is 1. The molecule has 6 rings (SSSR count). The molecule has 3 aromatic carbocycles. The maximum atomic E-state index is 13.9. The molecule has 0 aliphatic carbocycles. The summed E-state index contributed by atoms with van der Waals surface area (Å²) in [5.41, 5.74) is 5.47. The molecule has 0 saturated carbocycles. The summed E-state index contributed by atoms with van der Waals surface area (Å²) in [7, 11) is 0. The number of hydrogen-bond acceptors (Lipinski definition) is 5. The van der Waals surface area contributed by atoms with Crippen molar-refractivity contribution < 1.29 is 37.1 Å². The van der Waals surface area contributed by atoms with E-state index in [-0.39, 0.29) is 24.1 Å². The lowest BCUT2D eigenvalue weighted by atomic mass is 9.87. The van der Waals surface area contributed by atoms with Gasteiger partial charge < -0.3 is 20.2 Å². The van der Waals surface area contributed by atoms with Gasteiger partial charge >= 0.3 is 12.1 Å². The summed E-state index contributed by atoms with van der Waals surface area (Å²) in [5, 5.41) is 10.6. The first kappa shape index (κ1) is 42.1. The van der Waals surface area contributed by atoms with Gasteiger partial charge in [-0.15, -0.1) is 0 Å². The molecule has 0 radical (unpaired) electrons. The fourth-order valence-corrected chi connectivity index (χ4v) is 7.41. The standard InChI is InChI=1S/C42H49FN4O2.C2HF3O2/c43-40-12-3-7-35(28-40)29-41(48)47(26-19-34-15-22-45-23-16-34)31-36-8-2-9-37(27-36)38-10-4-11-39(30-38)42(49)46-24-17-33(18-25-46)6-1-5-32-13-20-44-21-14-32;3-2(4,5)1(6)7/h2-4,7-12,15-16,22-23,27-28,30,32-33,44H,1,5-6,13-14,17-21,24-26,29,31H2;(H,6,7). The average Bonchev–Trinajstić information content (AvgIpc) is 3.20. The van der Waals surface area contributed by atoms with E-state index in [4.69, 9.17) is 9.90 Å². The highest BCUT2D eigenvalue weighted by molar-refractivity contribution is 5.95. The van der Waals surface area contributed by atoms with Crippen molar-refractivity contribution in [2.45, 2.75) is 70.5 Å². The minimum absolute atomic E-state index is 0.0526. The molecule has 0 atom stereocenters. The number of benzene rings is 3. The van der Waals surface area contributed by atoms with E-state index in [1.165, 1.54) is 57.3 Å². The zero-order chi connectivity index (χ0) is 39.9. The summed E-state index contributed by atoms with van der Waals surface area (Å²) in [5.74, 6) is -1.43. The second kappa shape index (κ2) is 20.7. The zero-order valence-electron chi connectivity index (χ0n) is 31.5. The van der Waals surface area contributed by atoms with Crippen LogP contribution in [-0.2, 0) is 29.0 Å². The van der Waals surface area contributed by atoms with Crippen LogP contribution >= 0.6 is 0 Å². The molecule has 2 N–H and O–H groups in total. The van der Waals surface area contributed by atoms with Crippen LogP contribution in [0.5, 0.6) is 0 Å². The van der Waals surface area contributed by atoms with Crippen molar-refractivity contribution in [3.63, 3.8) is 0 Å². The smallest absolute Gasteiger partial charge is 0.475 e. The molecule has 4 aromatic rings. The van der Waals surface area contributed by atoms with Crippen LogP contribution in [0, 0.1) is 17.7 Å². The van der Waals surface area contributed by atoms with Crippen molar-refractivity contribution in [1.29, 1.82) is 0 Å². The molecule has 0 unspecified atom stereocenters. The molecule has 56 heavy (non-hydrogen) atoms. The van der Waals surface area contributed by atoms with Crippen molar-refractivity contribution in [2.24, 2.45) is 11.8 Å². The Kier molecular flexibility index (Phi) is 15.6.